The third kappa shape index (κ3) is 3.73. The van der Waals surface area contributed by atoms with Crippen molar-refractivity contribution in [1.29, 1.82) is 0 Å². The maximum absolute atomic E-state index is 13.7. The summed E-state index contributed by atoms with van der Waals surface area (Å²) in [7, 11) is 0. The zero-order valence-corrected chi connectivity index (χ0v) is 14.8. The molecule has 2 N–H and O–H groups in total. The molecule has 0 atom stereocenters. The van der Waals surface area contributed by atoms with Gasteiger partial charge >= 0.3 is 0 Å². The van der Waals surface area contributed by atoms with Crippen LogP contribution in [0.1, 0.15) is 10.5 Å². The number of nitrogens with zero attached hydrogens (tertiary/aromatic N) is 2. The van der Waals surface area contributed by atoms with Gasteiger partial charge < -0.3 is 10.6 Å². The predicted octanol–water partition coefficient (Wildman–Crippen LogP) is 5.04. The van der Waals surface area contributed by atoms with E-state index in [2.05, 4.69) is 20.6 Å². The minimum absolute atomic E-state index is 0.0178. The number of nitrogens with one attached hydrogen (secondary N) is 2. The summed E-state index contributed by atoms with van der Waals surface area (Å²) in [5.74, 6) is -5.22. The van der Waals surface area contributed by atoms with Crippen LogP contribution in [0.5, 0.6) is 0 Å². The van der Waals surface area contributed by atoms with Gasteiger partial charge in [-0.25, -0.2) is 18.2 Å². The summed E-state index contributed by atoms with van der Waals surface area (Å²) in [6, 6.07) is 14.2. The molecule has 0 aliphatic carbocycles. The Morgan fingerprint density at radius 3 is 2.45 bits per heavy atom. The molecular formula is C21H13F3N4O. The molecule has 0 spiro atoms. The molecule has 1 amide bonds. The second kappa shape index (κ2) is 7.59. The molecule has 0 saturated carbocycles. The van der Waals surface area contributed by atoms with Crippen LogP contribution in [0, 0.1) is 17.5 Å². The Bertz CT molecular complexity index is 1210. The lowest BCUT2D eigenvalue weighted by atomic mass is 10.2. The van der Waals surface area contributed by atoms with Gasteiger partial charge in [0.2, 0.25) is 0 Å². The fraction of sp³-hybridized carbons (Fsp3) is 0. The van der Waals surface area contributed by atoms with Crippen LogP contribution in [0.25, 0.3) is 10.9 Å². The van der Waals surface area contributed by atoms with E-state index >= 15 is 0 Å². The molecule has 144 valence electrons. The number of amides is 1. The normalized spacial score (nSPS) is 10.7. The minimum atomic E-state index is -1.65. The third-order valence-corrected chi connectivity index (χ3v) is 4.19. The molecule has 4 aromatic rings. The van der Waals surface area contributed by atoms with Crippen LogP contribution in [0.2, 0.25) is 0 Å². The third-order valence-electron chi connectivity index (χ3n) is 4.19. The summed E-state index contributed by atoms with van der Waals surface area (Å²) in [6.07, 6.45) is 3.12. The van der Waals surface area contributed by atoms with Crippen LogP contribution < -0.4 is 10.6 Å². The van der Waals surface area contributed by atoms with E-state index in [4.69, 9.17) is 0 Å². The van der Waals surface area contributed by atoms with Crippen molar-refractivity contribution in [1.82, 2.24) is 9.97 Å². The highest BCUT2D eigenvalue weighted by Gasteiger charge is 2.16. The van der Waals surface area contributed by atoms with Gasteiger partial charge in [0, 0.05) is 11.6 Å². The average Bonchev–Trinajstić information content (AvgIpc) is 2.75. The van der Waals surface area contributed by atoms with Crippen LogP contribution in [-0.4, -0.2) is 15.9 Å². The van der Waals surface area contributed by atoms with Crippen molar-refractivity contribution in [3.05, 3.63) is 90.1 Å². The van der Waals surface area contributed by atoms with Gasteiger partial charge in [0.15, 0.2) is 17.5 Å². The Balaban J connectivity index is 1.52. The van der Waals surface area contributed by atoms with Crippen LogP contribution in [0.3, 0.4) is 0 Å². The van der Waals surface area contributed by atoms with E-state index in [1.165, 1.54) is 12.3 Å². The predicted molar refractivity (Wildman–Crippen MR) is 104 cm³/mol. The fourth-order valence-corrected chi connectivity index (χ4v) is 2.77. The second-order valence-corrected chi connectivity index (χ2v) is 6.11. The second-order valence-electron chi connectivity index (χ2n) is 6.11. The maximum Gasteiger partial charge on any atom is 0.274 e. The van der Waals surface area contributed by atoms with Crippen molar-refractivity contribution in [2.45, 2.75) is 0 Å². The molecule has 5 nitrogen and oxygen atoms in total. The molecule has 2 aromatic heterocycles. The maximum atomic E-state index is 13.7. The van der Waals surface area contributed by atoms with E-state index in [1.54, 1.807) is 12.3 Å². The van der Waals surface area contributed by atoms with Crippen LogP contribution in [-0.2, 0) is 0 Å². The number of aromatic nitrogens is 2. The van der Waals surface area contributed by atoms with Gasteiger partial charge in [-0.15, -0.1) is 0 Å². The molecule has 0 bridgehead atoms. The number of carbonyl (C=O) groups is 1. The van der Waals surface area contributed by atoms with E-state index in [9.17, 15) is 18.0 Å². The van der Waals surface area contributed by atoms with Gasteiger partial charge in [-0.2, -0.15) is 0 Å². The number of carbonyl (C=O) groups excluding carboxylic acids is 1. The Morgan fingerprint density at radius 1 is 0.828 bits per heavy atom. The number of anilines is 3. The standard InChI is InChI=1S/C21H13F3N4O/c22-14-7-9-15(19(24)18(14)23)28-21(29)17-8-6-13(11-26-17)27-16-5-1-3-12-4-2-10-25-20(12)16/h1-11,27H,(H,28,29). The number of halogens is 3. The van der Waals surface area contributed by atoms with E-state index in [-0.39, 0.29) is 5.69 Å². The summed E-state index contributed by atoms with van der Waals surface area (Å²) >= 11 is 0. The molecule has 29 heavy (non-hydrogen) atoms. The van der Waals surface area contributed by atoms with Crippen LogP contribution in [0.15, 0.2) is 67.0 Å². The zero-order valence-electron chi connectivity index (χ0n) is 14.8. The van der Waals surface area contributed by atoms with Crippen molar-refractivity contribution in [2.24, 2.45) is 0 Å². The number of rotatable bonds is 4. The van der Waals surface area contributed by atoms with Gasteiger partial charge in [0.05, 0.1) is 28.8 Å². The molecular weight excluding hydrogens is 381 g/mol. The number of pyridine rings is 2. The highest BCUT2D eigenvalue weighted by molar-refractivity contribution is 6.03. The lowest BCUT2D eigenvalue weighted by molar-refractivity contribution is 0.102. The van der Waals surface area contributed by atoms with Crippen molar-refractivity contribution >= 4 is 33.9 Å². The lowest BCUT2D eigenvalue weighted by Crippen LogP contribution is -2.15. The topological polar surface area (TPSA) is 66.9 Å². The quantitative estimate of drug-likeness (QED) is 0.476. The van der Waals surface area contributed by atoms with Crippen molar-refractivity contribution in [2.75, 3.05) is 10.6 Å². The molecule has 0 aliphatic rings. The fourth-order valence-electron chi connectivity index (χ4n) is 2.77. The Labute approximate surface area is 163 Å². The molecule has 2 aromatic carbocycles. The van der Waals surface area contributed by atoms with Crippen molar-refractivity contribution < 1.29 is 18.0 Å². The highest BCUT2D eigenvalue weighted by atomic mass is 19.2. The van der Waals surface area contributed by atoms with Gasteiger partial charge in [-0.3, -0.25) is 9.78 Å². The molecule has 0 fully saturated rings. The first kappa shape index (κ1) is 18.4. The highest BCUT2D eigenvalue weighted by Crippen LogP contribution is 2.24. The molecule has 8 heteroatoms. The average molecular weight is 394 g/mol. The number of benzene rings is 2. The van der Waals surface area contributed by atoms with Gasteiger partial charge in [0.25, 0.3) is 5.91 Å². The number of fused-ring (bicyclic) bond motifs is 1. The largest absolute Gasteiger partial charge is 0.352 e. The summed E-state index contributed by atoms with van der Waals surface area (Å²) in [4.78, 5) is 20.6. The molecule has 4 rings (SSSR count). The smallest absolute Gasteiger partial charge is 0.274 e. The number of para-hydroxylation sites is 1. The SMILES string of the molecule is O=C(Nc1ccc(F)c(F)c1F)c1ccc(Nc2cccc3cccnc23)cn1. The van der Waals surface area contributed by atoms with Gasteiger partial charge in [-0.1, -0.05) is 18.2 Å². The first-order valence-corrected chi connectivity index (χ1v) is 8.54. The molecule has 0 aliphatic heterocycles. The summed E-state index contributed by atoms with van der Waals surface area (Å²) in [5.41, 5.74) is 1.67. The summed E-state index contributed by atoms with van der Waals surface area (Å²) in [5, 5.41) is 6.32. The van der Waals surface area contributed by atoms with E-state index < -0.39 is 29.0 Å². The van der Waals surface area contributed by atoms with Crippen LogP contribution in [0.4, 0.5) is 30.2 Å². The first-order valence-electron chi connectivity index (χ1n) is 8.54. The summed E-state index contributed by atoms with van der Waals surface area (Å²) < 4.78 is 40.0. The van der Waals surface area contributed by atoms with Gasteiger partial charge in [-0.05, 0) is 36.4 Å². The zero-order chi connectivity index (χ0) is 20.4. The lowest BCUT2D eigenvalue weighted by Gasteiger charge is -2.10. The molecule has 0 radical (unpaired) electrons. The minimum Gasteiger partial charge on any atom is -0.352 e. The molecule has 0 saturated heterocycles. The monoisotopic (exact) mass is 394 g/mol. The van der Waals surface area contributed by atoms with Gasteiger partial charge in [0.1, 0.15) is 5.69 Å². The Kier molecular flexibility index (Phi) is 4.82. The number of hydrogen-bond acceptors (Lipinski definition) is 4. The van der Waals surface area contributed by atoms with Crippen LogP contribution >= 0.6 is 0 Å². The Hall–Kier alpha value is -3.94. The number of hydrogen-bond donors (Lipinski definition) is 2. The first-order chi connectivity index (χ1) is 14.0. The van der Waals surface area contributed by atoms with E-state index in [0.717, 1.165) is 28.7 Å². The van der Waals surface area contributed by atoms with E-state index in [1.807, 2.05) is 30.3 Å². The molecule has 2 heterocycles. The van der Waals surface area contributed by atoms with Crippen molar-refractivity contribution in [3.8, 4) is 0 Å². The summed E-state index contributed by atoms with van der Waals surface area (Å²) in [6.45, 7) is 0. The van der Waals surface area contributed by atoms with E-state index in [0.29, 0.717) is 5.69 Å². The Morgan fingerprint density at radius 2 is 1.66 bits per heavy atom. The molecule has 0 unspecified atom stereocenters. The van der Waals surface area contributed by atoms with Crippen molar-refractivity contribution in [3.63, 3.8) is 0 Å².